The van der Waals surface area contributed by atoms with Crippen LogP contribution in [0.15, 0.2) is 65.3 Å². The SMILES string of the molecule is O=Cc1ccc(-c2ccc(-c3nc(-c4cccnc4)n[nH]3)cc2)o1. The van der Waals surface area contributed by atoms with Crippen LogP contribution in [0.1, 0.15) is 10.6 Å². The van der Waals surface area contributed by atoms with E-state index in [9.17, 15) is 4.79 Å². The fraction of sp³-hybridized carbons (Fsp3) is 0. The summed E-state index contributed by atoms with van der Waals surface area (Å²) >= 11 is 0. The van der Waals surface area contributed by atoms with Crippen LogP contribution in [0.4, 0.5) is 0 Å². The first-order valence-electron chi connectivity index (χ1n) is 7.32. The van der Waals surface area contributed by atoms with Gasteiger partial charge in [0, 0.05) is 29.1 Å². The lowest BCUT2D eigenvalue weighted by molar-refractivity contribution is 0.110. The molecule has 6 nitrogen and oxygen atoms in total. The molecular weight excluding hydrogens is 304 g/mol. The topological polar surface area (TPSA) is 84.7 Å². The van der Waals surface area contributed by atoms with Crippen molar-refractivity contribution in [3.63, 3.8) is 0 Å². The number of H-pyrrole nitrogens is 1. The van der Waals surface area contributed by atoms with Gasteiger partial charge in [0.2, 0.25) is 0 Å². The van der Waals surface area contributed by atoms with Gasteiger partial charge in [0.15, 0.2) is 23.7 Å². The molecule has 3 heterocycles. The number of nitrogens with zero attached hydrogens (tertiary/aromatic N) is 3. The number of hydrogen-bond donors (Lipinski definition) is 1. The molecule has 0 atom stereocenters. The van der Waals surface area contributed by atoms with Crippen LogP contribution in [-0.4, -0.2) is 26.5 Å². The molecule has 0 amide bonds. The third-order valence-corrected chi connectivity index (χ3v) is 3.59. The first kappa shape index (κ1) is 14.1. The highest BCUT2D eigenvalue weighted by Crippen LogP contribution is 2.25. The lowest BCUT2D eigenvalue weighted by atomic mass is 10.1. The number of rotatable bonds is 4. The molecule has 3 aromatic heterocycles. The highest BCUT2D eigenvalue weighted by atomic mass is 16.3. The summed E-state index contributed by atoms with van der Waals surface area (Å²) in [5.41, 5.74) is 2.65. The molecule has 0 spiro atoms. The molecule has 4 rings (SSSR count). The molecule has 116 valence electrons. The summed E-state index contributed by atoms with van der Waals surface area (Å²) in [6.45, 7) is 0. The molecule has 0 bridgehead atoms. The van der Waals surface area contributed by atoms with Crippen molar-refractivity contribution in [1.29, 1.82) is 0 Å². The maximum Gasteiger partial charge on any atom is 0.185 e. The zero-order valence-electron chi connectivity index (χ0n) is 12.5. The Morgan fingerprint density at radius 2 is 1.79 bits per heavy atom. The molecule has 0 aliphatic heterocycles. The standard InChI is InChI=1S/C18H12N4O2/c23-11-15-7-8-16(24-15)12-3-5-13(6-4-12)17-20-18(22-21-17)14-2-1-9-19-10-14/h1-11H,(H,20,21,22). The summed E-state index contributed by atoms with van der Waals surface area (Å²) in [6, 6.07) is 14.8. The summed E-state index contributed by atoms with van der Waals surface area (Å²) in [6.07, 6.45) is 4.12. The Kier molecular flexibility index (Phi) is 3.47. The predicted molar refractivity (Wildman–Crippen MR) is 88.1 cm³/mol. The van der Waals surface area contributed by atoms with E-state index in [4.69, 9.17) is 4.42 Å². The van der Waals surface area contributed by atoms with Gasteiger partial charge in [-0.15, -0.1) is 0 Å². The van der Waals surface area contributed by atoms with Crippen molar-refractivity contribution in [1.82, 2.24) is 20.2 Å². The van der Waals surface area contributed by atoms with E-state index in [0.717, 1.165) is 16.7 Å². The van der Waals surface area contributed by atoms with Crippen LogP contribution < -0.4 is 0 Å². The number of aromatic amines is 1. The molecule has 4 aromatic rings. The fourth-order valence-electron chi connectivity index (χ4n) is 2.38. The van der Waals surface area contributed by atoms with Crippen LogP contribution >= 0.6 is 0 Å². The van der Waals surface area contributed by atoms with E-state index >= 15 is 0 Å². The number of benzene rings is 1. The highest BCUT2D eigenvalue weighted by molar-refractivity contribution is 5.73. The maximum atomic E-state index is 10.7. The van der Waals surface area contributed by atoms with Crippen molar-refractivity contribution in [2.75, 3.05) is 0 Å². The number of carbonyl (C=O) groups excluding carboxylic acids is 1. The number of pyridine rings is 1. The van der Waals surface area contributed by atoms with E-state index in [1.54, 1.807) is 24.5 Å². The second kappa shape index (κ2) is 5.92. The molecule has 0 saturated heterocycles. The van der Waals surface area contributed by atoms with E-state index in [0.29, 0.717) is 29.5 Å². The van der Waals surface area contributed by atoms with E-state index in [2.05, 4.69) is 20.2 Å². The zero-order valence-corrected chi connectivity index (χ0v) is 12.5. The summed E-state index contributed by atoms with van der Waals surface area (Å²) in [4.78, 5) is 19.3. The van der Waals surface area contributed by atoms with Crippen LogP contribution in [0.25, 0.3) is 34.1 Å². The minimum absolute atomic E-state index is 0.311. The van der Waals surface area contributed by atoms with Gasteiger partial charge in [-0.2, -0.15) is 5.10 Å². The van der Waals surface area contributed by atoms with Crippen molar-refractivity contribution in [3.8, 4) is 34.1 Å². The van der Waals surface area contributed by atoms with Crippen molar-refractivity contribution >= 4 is 6.29 Å². The van der Waals surface area contributed by atoms with Gasteiger partial charge >= 0.3 is 0 Å². The van der Waals surface area contributed by atoms with Crippen molar-refractivity contribution in [2.24, 2.45) is 0 Å². The quantitative estimate of drug-likeness (QED) is 0.581. The number of nitrogens with one attached hydrogen (secondary N) is 1. The number of aldehydes is 1. The van der Waals surface area contributed by atoms with Crippen LogP contribution in [0.3, 0.4) is 0 Å². The molecule has 24 heavy (non-hydrogen) atoms. The monoisotopic (exact) mass is 316 g/mol. The van der Waals surface area contributed by atoms with Crippen molar-refractivity contribution < 1.29 is 9.21 Å². The Hall–Kier alpha value is -3.54. The molecule has 0 saturated carbocycles. The van der Waals surface area contributed by atoms with Gasteiger partial charge in [0.05, 0.1) is 0 Å². The average Bonchev–Trinajstić information content (AvgIpc) is 3.32. The van der Waals surface area contributed by atoms with Gasteiger partial charge in [0.25, 0.3) is 0 Å². The van der Waals surface area contributed by atoms with Gasteiger partial charge < -0.3 is 4.42 Å². The first-order valence-corrected chi connectivity index (χ1v) is 7.32. The molecule has 6 heteroatoms. The predicted octanol–water partition coefficient (Wildman–Crippen LogP) is 3.61. The number of hydrogen-bond acceptors (Lipinski definition) is 5. The van der Waals surface area contributed by atoms with Crippen LogP contribution in [0.5, 0.6) is 0 Å². The van der Waals surface area contributed by atoms with Crippen LogP contribution in [-0.2, 0) is 0 Å². The number of aromatic nitrogens is 4. The van der Waals surface area contributed by atoms with Gasteiger partial charge in [-0.3, -0.25) is 14.9 Å². The molecule has 0 radical (unpaired) electrons. The Balaban J connectivity index is 1.61. The minimum Gasteiger partial charge on any atom is -0.453 e. The van der Waals surface area contributed by atoms with Crippen LogP contribution in [0.2, 0.25) is 0 Å². The van der Waals surface area contributed by atoms with Gasteiger partial charge in [0.1, 0.15) is 5.76 Å². The van der Waals surface area contributed by atoms with Gasteiger partial charge in [-0.05, 0) is 24.3 Å². The summed E-state index contributed by atoms with van der Waals surface area (Å²) in [5.74, 6) is 2.24. The summed E-state index contributed by atoms with van der Waals surface area (Å²) in [7, 11) is 0. The minimum atomic E-state index is 0.311. The zero-order chi connectivity index (χ0) is 16.4. The Morgan fingerprint density at radius 3 is 2.50 bits per heavy atom. The second-order valence-electron chi connectivity index (χ2n) is 5.15. The smallest absolute Gasteiger partial charge is 0.185 e. The number of carbonyl (C=O) groups is 1. The summed E-state index contributed by atoms with van der Waals surface area (Å²) < 4.78 is 5.42. The molecular formula is C18H12N4O2. The molecule has 1 aromatic carbocycles. The van der Waals surface area contributed by atoms with E-state index in [-0.39, 0.29) is 0 Å². The van der Waals surface area contributed by atoms with E-state index in [1.807, 2.05) is 36.4 Å². The Labute approximate surface area is 137 Å². The summed E-state index contributed by atoms with van der Waals surface area (Å²) in [5, 5.41) is 7.16. The van der Waals surface area contributed by atoms with E-state index in [1.165, 1.54) is 0 Å². The van der Waals surface area contributed by atoms with Gasteiger partial charge in [-0.1, -0.05) is 24.3 Å². The molecule has 0 aliphatic carbocycles. The third-order valence-electron chi connectivity index (χ3n) is 3.59. The van der Waals surface area contributed by atoms with E-state index < -0.39 is 0 Å². The second-order valence-corrected chi connectivity index (χ2v) is 5.15. The van der Waals surface area contributed by atoms with Crippen molar-refractivity contribution in [2.45, 2.75) is 0 Å². The average molecular weight is 316 g/mol. The lowest BCUT2D eigenvalue weighted by Crippen LogP contribution is -1.82. The third kappa shape index (κ3) is 2.61. The Morgan fingerprint density at radius 1 is 0.958 bits per heavy atom. The van der Waals surface area contributed by atoms with Crippen LogP contribution in [0, 0.1) is 0 Å². The molecule has 0 unspecified atom stereocenters. The molecule has 1 N–H and O–H groups in total. The normalized spacial score (nSPS) is 10.7. The fourth-order valence-corrected chi connectivity index (χ4v) is 2.38. The largest absolute Gasteiger partial charge is 0.453 e. The highest BCUT2D eigenvalue weighted by Gasteiger charge is 2.09. The lowest BCUT2D eigenvalue weighted by Gasteiger charge is -1.99. The first-order chi connectivity index (χ1) is 11.8. The maximum absolute atomic E-state index is 10.7. The molecule has 0 fully saturated rings. The molecule has 0 aliphatic rings. The Bertz CT molecular complexity index is 972. The number of furan rings is 1. The van der Waals surface area contributed by atoms with Gasteiger partial charge in [-0.25, -0.2) is 4.98 Å². The van der Waals surface area contributed by atoms with Crippen molar-refractivity contribution in [3.05, 3.63) is 66.7 Å².